The zero-order valence-electron chi connectivity index (χ0n) is 17.7. The third-order valence-electron chi connectivity index (χ3n) is 5.55. The number of anilines is 1. The Balaban J connectivity index is 1.73. The monoisotopic (exact) mass is 494 g/mol. The average molecular weight is 495 g/mol. The van der Waals surface area contributed by atoms with Gasteiger partial charge in [0.15, 0.2) is 5.13 Å². The van der Waals surface area contributed by atoms with Gasteiger partial charge in [0.1, 0.15) is 23.4 Å². The Labute approximate surface area is 202 Å². The van der Waals surface area contributed by atoms with Gasteiger partial charge in [-0.25, -0.2) is 9.37 Å². The van der Waals surface area contributed by atoms with Gasteiger partial charge in [0, 0.05) is 16.1 Å². The molecule has 170 valence electrons. The van der Waals surface area contributed by atoms with E-state index < -0.39 is 29.3 Å². The number of amides is 1. The van der Waals surface area contributed by atoms with E-state index in [1.807, 2.05) is 0 Å². The summed E-state index contributed by atoms with van der Waals surface area (Å²) in [7, 11) is 1.54. The van der Waals surface area contributed by atoms with Gasteiger partial charge in [0.2, 0.25) is 0 Å². The van der Waals surface area contributed by atoms with Crippen LogP contribution in [0.2, 0.25) is 5.02 Å². The Morgan fingerprint density at radius 1 is 1.12 bits per heavy atom. The number of hydrogen-bond donors (Lipinski definition) is 1. The van der Waals surface area contributed by atoms with E-state index in [4.69, 9.17) is 16.3 Å². The molecule has 9 heteroatoms. The number of aliphatic hydroxyl groups excluding tert-OH is 1. The van der Waals surface area contributed by atoms with Gasteiger partial charge in [0.05, 0.1) is 22.9 Å². The van der Waals surface area contributed by atoms with E-state index in [0.717, 1.165) is 20.9 Å². The summed E-state index contributed by atoms with van der Waals surface area (Å²) in [5.74, 6) is -2.27. The zero-order valence-corrected chi connectivity index (χ0v) is 19.2. The standard InChI is InChI=1S/C25H16ClFN2O4S/c1-33-15-10-11-18-19(12-15)34-25(28-18)29-21(16-4-2-3-5-17(16)27)20(23(31)24(29)32)22(30)13-6-8-14(26)9-7-13/h2-12,21,30H,1H3/b22-20+/t21-/m1/s1. The SMILES string of the molecule is COc1ccc2nc(N3C(=O)C(=O)/C(=C(/O)c4ccc(Cl)cc4)[C@H]3c3ccccc3F)sc2c1. The van der Waals surface area contributed by atoms with Crippen molar-refractivity contribution in [2.24, 2.45) is 0 Å². The lowest BCUT2D eigenvalue weighted by atomic mass is 9.95. The number of rotatable bonds is 4. The molecule has 1 amide bonds. The first kappa shape index (κ1) is 22.1. The predicted octanol–water partition coefficient (Wildman–Crippen LogP) is 5.72. The minimum absolute atomic E-state index is 0.0639. The molecule has 0 unspecified atom stereocenters. The van der Waals surface area contributed by atoms with E-state index in [1.165, 1.54) is 37.4 Å². The predicted molar refractivity (Wildman–Crippen MR) is 129 cm³/mol. The molecule has 0 spiro atoms. The van der Waals surface area contributed by atoms with Crippen LogP contribution in [0, 0.1) is 5.82 Å². The maximum absolute atomic E-state index is 15.0. The quantitative estimate of drug-likeness (QED) is 0.223. The number of benzene rings is 3. The van der Waals surface area contributed by atoms with Gasteiger partial charge in [-0.2, -0.15) is 0 Å². The smallest absolute Gasteiger partial charge is 0.301 e. The summed E-state index contributed by atoms with van der Waals surface area (Å²) in [6.07, 6.45) is 0. The van der Waals surface area contributed by atoms with Crippen LogP contribution >= 0.6 is 22.9 Å². The second-order valence-corrected chi connectivity index (χ2v) is 8.97. The minimum atomic E-state index is -1.21. The molecule has 5 rings (SSSR count). The van der Waals surface area contributed by atoms with E-state index in [0.29, 0.717) is 16.3 Å². The number of carbonyl (C=O) groups is 2. The van der Waals surface area contributed by atoms with Crippen LogP contribution in [0.15, 0.2) is 72.3 Å². The van der Waals surface area contributed by atoms with Gasteiger partial charge in [-0.3, -0.25) is 14.5 Å². The van der Waals surface area contributed by atoms with Crippen molar-refractivity contribution >= 4 is 55.7 Å². The van der Waals surface area contributed by atoms with E-state index in [1.54, 1.807) is 36.4 Å². The van der Waals surface area contributed by atoms with E-state index >= 15 is 0 Å². The van der Waals surface area contributed by atoms with E-state index in [2.05, 4.69) is 4.98 Å². The van der Waals surface area contributed by atoms with Crippen LogP contribution in [-0.4, -0.2) is 28.9 Å². The molecule has 1 aromatic heterocycles. The Hall–Kier alpha value is -3.75. The van der Waals surface area contributed by atoms with E-state index in [-0.39, 0.29) is 21.8 Å². The molecule has 6 nitrogen and oxygen atoms in total. The van der Waals surface area contributed by atoms with Crippen molar-refractivity contribution in [2.45, 2.75) is 6.04 Å². The molecule has 3 aromatic carbocycles. The normalized spacial score (nSPS) is 17.5. The highest BCUT2D eigenvalue weighted by Crippen LogP contribution is 2.45. The van der Waals surface area contributed by atoms with Crippen molar-refractivity contribution in [1.29, 1.82) is 0 Å². The maximum atomic E-state index is 15.0. The lowest BCUT2D eigenvalue weighted by molar-refractivity contribution is -0.132. The van der Waals surface area contributed by atoms with Gasteiger partial charge in [-0.15, -0.1) is 0 Å². The maximum Gasteiger partial charge on any atom is 0.301 e. The van der Waals surface area contributed by atoms with Crippen LogP contribution in [0.25, 0.3) is 16.0 Å². The van der Waals surface area contributed by atoms with Crippen LogP contribution in [-0.2, 0) is 9.59 Å². The Bertz CT molecular complexity index is 1480. The Morgan fingerprint density at radius 3 is 2.56 bits per heavy atom. The first-order chi connectivity index (χ1) is 16.4. The molecule has 1 fully saturated rings. The molecule has 0 aliphatic carbocycles. The molecule has 1 aliphatic rings. The highest BCUT2D eigenvalue weighted by atomic mass is 35.5. The molecule has 0 bridgehead atoms. The molecule has 1 N–H and O–H groups in total. The van der Waals surface area contributed by atoms with Crippen LogP contribution in [0.1, 0.15) is 17.2 Å². The molecular formula is C25H16ClFN2O4S. The number of methoxy groups -OCH3 is 1. The summed E-state index contributed by atoms with van der Waals surface area (Å²) in [4.78, 5) is 32.1. The fraction of sp³-hybridized carbons (Fsp3) is 0.0800. The molecule has 0 saturated carbocycles. The van der Waals surface area contributed by atoms with Gasteiger partial charge in [-0.1, -0.05) is 41.1 Å². The van der Waals surface area contributed by atoms with Crippen molar-refractivity contribution in [3.63, 3.8) is 0 Å². The number of aromatic nitrogens is 1. The summed E-state index contributed by atoms with van der Waals surface area (Å²) in [6, 6.07) is 16.0. The summed E-state index contributed by atoms with van der Waals surface area (Å²) >= 11 is 7.11. The number of carbonyl (C=O) groups excluding carboxylic acids is 2. The highest BCUT2D eigenvalue weighted by molar-refractivity contribution is 7.22. The molecule has 4 aromatic rings. The van der Waals surface area contributed by atoms with Crippen LogP contribution < -0.4 is 9.64 Å². The number of aliphatic hydroxyl groups is 1. The van der Waals surface area contributed by atoms with Crippen LogP contribution in [0.3, 0.4) is 0 Å². The number of ether oxygens (including phenoxy) is 1. The summed E-state index contributed by atoms with van der Waals surface area (Å²) in [6.45, 7) is 0. The lowest BCUT2D eigenvalue weighted by Crippen LogP contribution is -2.29. The zero-order chi connectivity index (χ0) is 24.0. The lowest BCUT2D eigenvalue weighted by Gasteiger charge is -2.23. The molecule has 2 heterocycles. The molecular weight excluding hydrogens is 479 g/mol. The average Bonchev–Trinajstić information content (AvgIpc) is 3.37. The van der Waals surface area contributed by atoms with Gasteiger partial charge in [-0.05, 0) is 48.5 Å². The Kier molecular flexibility index (Phi) is 5.55. The number of ketones is 1. The number of nitrogens with zero attached hydrogens (tertiary/aromatic N) is 2. The molecule has 1 saturated heterocycles. The van der Waals surface area contributed by atoms with Crippen molar-refractivity contribution in [1.82, 2.24) is 4.98 Å². The van der Waals surface area contributed by atoms with E-state index in [9.17, 15) is 19.1 Å². The van der Waals surface area contributed by atoms with Gasteiger partial charge < -0.3 is 9.84 Å². The first-order valence-electron chi connectivity index (χ1n) is 10.1. The van der Waals surface area contributed by atoms with Crippen molar-refractivity contribution < 1.29 is 23.8 Å². The summed E-state index contributed by atoms with van der Waals surface area (Å²) < 4.78 is 21.0. The number of thiazole rings is 1. The summed E-state index contributed by atoms with van der Waals surface area (Å²) in [5, 5.41) is 11.7. The summed E-state index contributed by atoms with van der Waals surface area (Å²) in [5.41, 5.74) is 0.703. The molecule has 0 radical (unpaired) electrons. The van der Waals surface area contributed by atoms with Crippen molar-refractivity contribution in [2.75, 3.05) is 12.0 Å². The number of hydrogen-bond acceptors (Lipinski definition) is 6. The molecule has 1 atom stereocenters. The second-order valence-electron chi connectivity index (χ2n) is 7.53. The largest absolute Gasteiger partial charge is 0.507 e. The molecule has 34 heavy (non-hydrogen) atoms. The second kappa shape index (κ2) is 8.55. The van der Waals surface area contributed by atoms with Crippen LogP contribution in [0.5, 0.6) is 5.75 Å². The fourth-order valence-corrected chi connectivity index (χ4v) is 5.05. The Morgan fingerprint density at radius 2 is 1.85 bits per heavy atom. The highest BCUT2D eigenvalue weighted by Gasteiger charge is 2.49. The first-order valence-corrected chi connectivity index (χ1v) is 11.3. The minimum Gasteiger partial charge on any atom is -0.507 e. The third kappa shape index (κ3) is 3.61. The van der Waals surface area contributed by atoms with Gasteiger partial charge >= 0.3 is 5.91 Å². The fourth-order valence-electron chi connectivity index (χ4n) is 3.91. The van der Waals surface area contributed by atoms with Crippen LogP contribution in [0.4, 0.5) is 9.52 Å². The number of halogens is 2. The topological polar surface area (TPSA) is 79.7 Å². The number of fused-ring (bicyclic) bond motifs is 1. The van der Waals surface area contributed by atoms with Crippen molar-refractivity contribution in [3.8, 4) is 5.75 Å². The van der Waals surface area contributed by atoms with Gasteiger partial charge in [0.25, 0.3) is 5.78 Å². The van der Waals surface area contributed by atoms with Crippen molar-refractivity contribution in [3.05, 3.63) is 94.3 Å². The third-order valence-corrected chi connectivity index (χ3v) is 6.82. The molecule has 1 aliphatic heterocycles. The number of Topliss-reactive ketones (excluding diaryl/α,β-unsaturated/α-hetero) is 1.